The quantitative estimate of drug-likeness (QED) is 0.816. The lowest BCUT2D eigenvalue weighted by Gasteiger charge is -2.20. The van der Waals surface area contributed by atoms with Gasteiger partial charge in [-0.2, -0.15) is 0 Å². The topological polar surface area (TPSA) is 21.3 Å². The lowest BCUT2D eigenvalue weighted by molar-refractivity contribution is 0.210. The molecule has 1 fully saturated rings. The van der Waals surface area contributed by atoms with E-state index in [1.54, 1.807) is 0 Å². The van der Waals surface area contributed by atoms with Gasteiger partial charge >= 0.3 is 0 Å². The first-order valence-electron chi connectivity index (χ1n) is 7.71. The molecular weight excluding hydrogens is 234 g/mol. The Morgan fingerprint density at radius 2 is 1.79 bits per heavy atom. The molecule has 0 bridgehead atoms. The standard InChI is InChI=1S/C17H27NO/c1-4-13(2)18-14(3)15-9-11-17(12-10-15)19-16-7-5-6-8-16/h9-14,16,18H,4-8H2,1-3H3/t13-,14-/m0/s1. The minimum absolute atomic E-state index is 0.399. The van der Waals surface area contributed by atoms with Crippen LogP contribution in [-0.2, 0) is 0 Å². The van der Waals surface area contributed by atoms with Crippen LogP contribution < -0.4 is 10.1 Å². The molecule has 0 spiro atoms. The fourth-order valence-corrected chi connectivity index (χ4v) is 2.67. The first-order chi connectivity index (χ1) is 9.19. The van der Waals surface area contributed by atoms with Crippen LogP contribution in [0.1, 0.15) is 64.5 Å². The maximum Gasteiger partial charge on any atom is 0.119 e. The zero-order chi connectivity index (χ0) is 13.7. The maximum absolute atomic E-state index is 5.99. The van der Waals surface area contributed by atoms with Crippen LogP contribution >= 0.6 is 0 Å². The van der Waals surface area contributed by atoms with E-state index < -0.39 is 0 Å². The van der Waals surface area contributed by atoms with Crippen molar-refractivity contribution in [1.82, 2.24) is 5.32 Å². The Hall–Kier alpha value is -1.02. The average Bonchev–Trinajstić information content (AvgIpc) is 2.92. The Bertz CT molecular complexity index is 367. The third-order valence-corrected chi connectivity index (χ3v) is 4.13. The summed E-state index contributed by atoms with van der Waals surface area (Å²) in [5.74, 6) is 1.02. The molecule has 0 unspecified atom stereocenters. The van der Waals surface area contributed by atoms with Crippen molar-refractivity contribution in [3.8, 4) is 5.75 Å². The number of benzene rings is 1. The predicted octanol–water partition coefficient (Wildman–Crippen LogP) is 4.46. The van der Waals surface area contributed by atoms with Crippen molar-refractivity contribution in [2.45, 2.75) is 71.1 Å². The van der Waals surface area contributed by atoms with Crippen LogP contribution in [0.3, 0.4) is 0 Å². The zero-order valence-corrected chi connectivity index (χ0v) is 12.5. The van der Waals surface area contributed by atoms with Gasteiger partial charge in [0.1, 0.15) is 5.75 Å². The summed E-state index contributed by atoms with van der Waals surface area (Å²) in [4.78, 5) is 0. The van der Waals surface area contributed by atoms with Crippen molar-refractivity contribution in [2.75, 3.05) is 0 Å². The van der Waals surface area contributed by atoms with E-state index in [0.29, 0.717) is 18.2 Å². The lowest BCUT2D eigenvalue weighted by Crippen LogP contribution is -2.28. The number of hydrogen-bond donors (Lipinski definition) is 1. The highest BCUT2D eigenvalue weighted by Crippen LogP contribution is 2.25. The Kier molecular flexibility index (Phi) is 5.26. The third-order valence-electron chi connectivity index (χ3n) is 4.13. The molecule has 1 N–H and O–H groups in total. The highest BCUT2D eigenvalue weighted by atomic mass is 16.5. The molecule has 0 radical (unpaired) electrons. The summed E-state index contributed by atoms with van der Waals surface area (Å²) in [5.41, 5.74) is 1.33. The second-order valence-corrected chi connectivity index (χ2v) is 5.79. The SMILES string of the molecule is CC[C@H](C)N[C@@H](C)c1ccc(OC2CCCC2)cc1. The summed E-state index contributed by atoms with van der Waals surface area (Å²) in [7, 11) is 0. The smallest absolute Gasteiger partial charge is 0.119 e. The highest BCUT2D eigenvalue weighted by Gasteiger charge is 2.16. The molecule has 0 aromatic heterocycles. The zero-order valence-electron chi connectivity index (χ0n) is 12.5. The normalized spacial score (nSPS) is 19.3. The van der Waals surface area contributed by atoms with E-state index in [1.165, 1.54) is 31.2 Å². The van der Waals surface area contributed by atoms with Gasteiger partial charge in [-0.3, -0.25) is 0 Å². The van der Waals surface area contributed by atoms with Gasteiger partial charge in [0.25, 0.3) is 0 Å². The van der Waals surface area contributed by atoms with Gasteiger partial charge in [0, 0.05) is 12.1 Å². The van der Waals surface area contributed by atoms with Crippen molar-refractivity contribution in [2.24, 2.45) is 0 Å². The maximum atomic E-state index is 5.99. The molecule has 1 saturated carbocycles. The third kappa shape index (κ3) is 4.24. The second-order valence-electron chi connectivity index (χ2n) is 5.79. The average molecular weight is 261 g/mol. The largest absolute Gasteiger partial charge is 0.490 e. The van der Waals surface area contributed by atoms with Crippen molar-refractivity contribution in [3.63, 3.8) is 0 Å². The molecule has 1 aromatic rings. The minimum Gasteiger partial charge on any atom is -0.490 e. The Balaban J connectivity index is 1.89. The number of hydrogen-bond acceptors (Lipinski definition) is 2. The molecule has 2 heteroatoms. The summed E-state index contributed by atoms with van der Waals surface area (Å²) >= 11 is 0. The molecule has 0 aliphatic heterocycles. The van der Waals surface area contributed by atoms with E-state index in [9.17, 15) is 0 Å². The second kappa shape index (κ2) is 6.95. The van der Waals surface area contributed by atoms with Crippen LogP contribution in [-0.4, -0.2) is 12.1 Å². The van der Waals surface area contributed by atoms with Crippen LogP contribution in [0, 0.1) is 0 Å². The molecule has 0 amide bonds. The van der Waals surface area contributed by atoms with Gasteiger partial charge in [-0.25, -0.2) is 0 Å². The molecule has 2 rings (SSSR count). The van der Waals surface area contributed by atoms with Gasteiger partial charge in [-0.15, -0.1) is 0 Å². The Morgan fingerprint density at radius 1 is 1.16 bits per heavy atom. The van der Waals surface area contributed by atoms with E-state index in [1.807, 2.05) is 0 Å². The van der Waals surface area contributed by atoms with Gasteiger partial charge in [0.2, 0.25) is 0 Å². The first-order valence-corrected chi connectivity index (χ1v) is 7.71. The van der Waals surface area contributed by atoms with Gasteiger partial charge in [0.15, 0.2) is 0 Å². The van der Waals surface area contributed by atoms with Crippen LogP contribution in [0.2, 0.25) is 0 Å². The number of ether oxygens (including phenoxy) is 1. The lowest BCUT2D eigenvalue weighted by atomic mass is 10.1. The Labute approximate surface area is 117 Å². The highest BCUT2D eigenvalue weighted by molar-refractivity contribution is 5.29. The fourth-order valence-electron chi connectivity index (χ4n) is 2.67. The van der Waals surface area contributed by atoms with Gasteiger partial charge in [-0.1, -0.05) is 19.1 Å². The minimum atomic E-state index is 0.399. The van der Waals surface area contributed by atoms with Crippen LogP contribution in [0.4, 0.5) is 0 Å². The summed E-state index contributed by atoms with van der Waals surface area (Å²) in [6, 6.07) is 9.56. The van der Waals surface area contributed by atoms with Crippen LogP contribution in [0.25, 0.3) is 0 Å². The van der Waals surface area contributed by atoms with Gasteiger partial charge in [-0.05, 0) is 63.6 Å². The fraction of sp³-hybridized carbons (Fsp3) is 0.647. The molecule has 2 nitrogen and oxygen atoms in total. The summed E-state index contributed by atoms with van der Waals surface area (Å²) in [5, 5.41) is 3.60. The number of rotatable bonds is 6. The van der Waals surface area contributed by atoms with Crippen molar-refractivity contribution >= 4 is 0 Å². The van der Waals surface area contributed by atoms with E-state index in [0.717, 1.165) is 12.2 Å². The molecule has 0 saturated heterocycles. The molecule has 1 aliphatic rings. The monoisotopic (exact) mass is 261 g/mol. The van der Waals surface area contributed by atoms with Crippen molar-refractivity contribution < 1.29 is 4.74 Å². The Morgan fingerprint density at radius 3 is 2.37 bits per heavy atom. The molecular formula is C17H27NO. The summed E-state index contributed by atoms with van der Waals surface area (Å²) in [6.07, 6.45) is 6.67. The van der Waals surface area contributed by atoms with Crippen LogP contribution in [0.15, 0.2) is 24.3 Å². The first kappa shape index (κ1) is 14.4. The van der Waals surface area contributed by atoms with E-state index in [-0.39, 0.29) is 0 Å². The molecule has 0 heterocycles. The van der Waals surface area contributed by atoms with Gasteiger partial charge < -0.3 is 10.1 Å². The van der Waals surface area contributed by atoms with E-state index in [4.69, 9.17) is 4.74 Å². The summed E-state index contributed by atoms with van der Waals surface area (Å²) < 4.78 is 5.99. The predicted molar refractivity (Wildman–Crippen MR) is 80.6 cm³/mol. The number of nitrogens with one attached hydrogen (secondary N) is 1. The molecule has 1 aromatic carbocycles. The van der Waals surface area contributed by atoms with E-state index in [2.05, 4.69) is 50.4 Å². The van der Waals surface area contributed by atoms with Gasteiger partial charge in [0.05, 0.1) is 6.10 Å². The van der Waals surface area contributed by atoms with Crippen molar-refractivity contribution in [3.05, 3.63) is 29.8 Å². The molecule has 19 heavy (non-hydrogen) atoms. The molecule has 1 aliphatic carbocycles. The van der Waals surface area contributed by atoms with Crippen LogP contribution in [0.5, 0.6) is 5.75 Å². The summed E-state index contributed by atoms with van der Waals surface area (Å²) in [6.45, 7) is 6.66. The van der Waals surface area contributed by atoms with Crippen molar-refractivity contribution in [1.29, 1.82) is 0 Å². The molecule has 106 valence electrons. The molecule has 2 atom stereocenters. The van der Waals surface area contributed by atoms with E-state index >= 15 is 0 Å².